The number of pyridine rings is 1. The summed E-state index contributed by atoms with van der Waals surface area (Å²) in [5.74, 6) is 1.21. The van der Waals surface area contributed by atoms with Gasteiger partial charge in [-0.1, -0.05) is 13.8 Å². The lowest BCUT2D eigenvalue weighted by Gasteiger charge is -2.29. The highest BCUT2D eigenvalue weighted by Crippen LogP contribution is 2.46. The molecule has 8 heteroatoms. The van der Waals surface area contributed by atoms with E-state index in [0.717, 1.165) is 72.6 Å². The Labute approximate surface area is 204 Å². The normalized spacial score (nSPS) is 16.4. The largest absolute Gasteiger partial charge is 0.369 e. The zero-order valence-electron chi connectivity index (χ0n) is 20.5. The number of benzene rings is 1. The molecule has 1 saturated heterocycles. The number of imidazole rings is 1. The number of carbonyl (C=O) groups excluding carboxylic acids is 1. The van der Waals surface area contributed by atoms with Gasteiger partial charge >= 0.3 is 0 Å². The molecule has 0 amide bonds. The number of anilines is 3. The molecule has 6 rings (SSSR count). The fraction of sp³-hybridized carbons (Fsp3) is 0.407. The van der Waals surface area contributed by atoms with Crippen molar-refractivity contribution in [2.75, 3.05) is 36.4 Å². The maximum atomic E-state index is 12.8. The highest BCUT2D eigenvalue weighted by Gasteiger charge is 2.32. The summed E-state index contributed by atoms with van der Waals surface area (Å²) < 4.78 is 1.98. The Morgan fingerprint density at radius 1 is 1.09 bits per heavy atom. The molecule has 4 aromatic rings. The lowest BCUT2D eigenvalue weighted by atomic mass is 9.98. The minimum atomic E-state index is 0.0477. The second-order valence-corrected chi connectivity index (χ2v) is 9.97. The van der Waals surface area contributed by atoms with Gasteiger partial charge < -0.3 is 15.5 Å². The summed E-state index contributed by atoms with van der Waals surface area (Å²) in [6.07, 6.45) is 6.06. The second kappa shape index (κ2) is 8.61. The van der Waals surface area contributed by atoms with Crippen molar-refractivity contribution in [3.63, 3.8) is 0 Å². The number of aromatic nitrogens is 4. The molecule has 0 unspecified atom stereocenters. The molecule has 35 heavy (non-hydrogen) atoms. The second-order valence-electron chi connectivity index (χ2n) is 9.97. The van der Waals surface area contributed by atoms with Gasteiger partial charge in [-0.3, -0.25) is 9.20 Å². The van der Waals surface area contributed by atoms with Gasteiger partial charge in [0.1, 0.15) is 5.65 Å². The van der Waals surface area contributed by atoms with Crippen LogP contribution in [0.2, 0.25) is 0 Å². The quantitative estimate of drug-likeness (QED) is 0.398. The van der Waals surface area contributed by atoms with Crippen LogP contribution in [0.5, 0.6) is 0 Å². The first-order chi connectivity index (χ1) is 17.0. The fourth-order valence-corrected chi connectivity index (χ4v) is 5.03. The summed E-state index contributed by atoms with van der Waals surface area (Å²) in [6.45, 7) is 9.94. The zero-order chi connectivity index (χ0) is 24.1. The van der Waals surface area contributed by atoms with E-state index in [2.05, 4.69) is 58.6 Å². The molecule has 4 heterocycles. The summed E-state index contributed by atoms with van der Waals surface area (Å²) in [6, 6.07) is 8.43. The van der Waals surface area contributed by atoms with E-state index >= 15 is 0 Å². The summed E-state index contributed by atoms with van der Waals surface area (Å²) in [7, 11) is 0. The Hall–Kier alpha value is -3.52. The number of rotatable bonds is 6. The molecule has 0 bridgehead atoms. The molecule has 0 spiro atoms. The van der Waals surface area contributed by atoms with Crippen LogP contribution in [0.25, 0.3) is 16.7 Å². The number of ketones is 1. The van der Waals surface area contributed by atoms with Gasteiger partial charge in [0.05, 0.1) is 11.3 Å². The van der Waals surface area contributed by atoms with E-state index in [1.54, 1.807) is 6.92 Å². The van der Waals surface area contributed by atoms with Crippen molar-refractivity contribution in [1.82, 2.24) is 24.7 Å². The minimum absolute atomic E-state index is 0.0477. The molecular weight excluding hydrogens is 438 g/mol. The molecule has 2 N–H and O–H groups in total. The molecule has 180 valence electrons. The summed E-state index contributed by atoms with van der Waals surface area (Å²) in [5, 5.41) is 7.70. The number of nitrogens with one attached hydrogen (secondary N) is 2. The van der Waals surface area contributed by atoms with Gasteiger partial charge in [-0.2, -0.15) is 4.98 Å². The Kier molecular flexibility index (Phi) is 5.40. The summed E-state index contributed by atoms with van der Waals surface area (Å²) >= 11 is 0. The van der Waals surface area contributed by atoms with Crippen LogP contribution >= 0.6 is 0 Å². The smallest absolute Gasteiger partial charge is 0.229 e. The monoisotopic (exact) mass is 469 g/mol. The molecular formula is C27H31N7O. The number of fused-ring (bicyclic) bond motifs is 3. The van der Waals surface area contributed by atoms with Gasteiger partial charge in [-0.15, -0.1) is 0 Å². The van der Waals surface area contributed by atoms with Crippen molar-refractivity contribution in [2.45, 2.75) is 45.4 Å². The van der Waals surface area contributed by atoms with Crippen LogP contribution in [0.1, 0.15) is 67.1 Å². The summed E-state index contributed by atoms with van der Waals surface area (Å²) in [4.78, 5) is 29.6. The SMILES string of the molecule is CC(=O)c1c(C2CC2)c2cnc(Nc3ccc(N4CCNCC4)cc3)nc2n2cc(C(C)C)nc12. The molecule has 2 fully saturated rings. The van der Waals surface area contributed by atoms with Gasteiger partial charge in [0, 0.05) is 55.3 Å². The Morgan fingerprint density at radius 2 is 1.83 bits per heavy atom. The van der Waals surface area contributed by atoms with E-state index in [4.69, 9.17) is 9.97 Å². The van der Waals surface area contributed by atoms with Crippen LogP contribution in [-0.4, -0.2) is 51.3 Å². The number of hydrogen-bond donors (Lipinski definition) is 2. The van der Waals surface area contributed by atoms with Crippen LogP contribution in [0.15, 0.2) is 36.7 Å². The first-order valence-electron chi connectivity index (χ1n) is 12.5. The van der Waals surface area contributed by atoms with E-state index in [9.17, 15) is 4.79 Å². The first kappa shape index (κ1) is 22.0. The highest BCUT2D eigenvalue weighted by atomic mass is 16.1. The van der Waals surface area contributed by atoms with Crippen LogP contribution in [0, 0.1) is 0 Å². The van der Waals surface area contributed by atoms with Gasteiger partial charge in [0.2, 0.25) is 5.95 Å². The Balaban J connectivity index is 1.41. The van der Waals surface area contributed by atoms with Gasteiger partial charge in [-0.05, 0) is 61.4 Å². The predicted octanol–water partition coefficient (Wildman–Crippen LogP) is 4.63. The zero-order valence-corrected chi connectivity index (χ0v) is 20.5. The Bertz CT molecular complexity index is 1410. The minimum Gasteiger partial charge on any atom is -0.369 e. The van der Waals surface area contributed by atoms with Gasteiger partial charge in [0.15, 0.2) is 11.4 Å². The van der Waals surface area contributed by atoms with Crippen molar-refractivity contribution < 1.29 is 4.79 Å². The average Bonchev–Trinajstić information content (AvgIpc) is 3.61. The van der Waals surface area contributed by atoms with Crippen LogP contribution in [0.3, 0.4) is 0 Å². The molecule has 0 atom stereocenters. The molecule has 1 saturated carbocycles. The number of piperazine rings is 1. The van der Waals surface area contributed by atoms with Gasteiger partial charge in [-0.25, -0.2) is 9.97 Å². The molecule has 1 aliphatic heterocycles. The molecule has 8 nitrogen and oxygen atoms in total. The summed E-state index contributed by atoms with van der Waals surface area (Å²) in [5.41, 5.74) is 6.41. The van der Waals surface area contributed by atoms with E-state index < -0.39 is 0 Å². The molecule has 3 aromatic heterocycles. The first-order valence-corrected chi connectivity index (χ1v) is 12.5. The van der Waals surface area contributed by atoms with E-state index in [1.807, 2.05) is 16.8 Å². The number of carbonyl (C=O) groups is 1. The predicted molar refractivity (Wildman–Crippen MR) is 139 cm³/mol. The van der Waals surface area contributed by atoms with E-state index in [-0.39, 0.29) is 11.7 Å². The third-order valence-corrected chi connectivity index (χ3v) is 7.04. The lowest BCUT2D eigenvalue weighted by molar-refractivity contribution is 0.101. The molecule has 0 radical (unpaired) electrons. The molecule has 1 aliphatic carbocycles. The maximum Gasteiger partial charge on any atom is 0.229 e. The van der Waals surface area contributed by atoms with Crippen molar-refractivity contribution in [3.05, 3.63) is 53.5 Å². The third-order valence-electron chi connectivity index (χ3n) is 7.04. The van der Waals surface area contributed by atoms with Crippen molar-refractivity contribution >= 4 is 39.8 Å². The standard InChI is InChI=1S/C27H31N7O/c1-16(2)22-15-34-25-21(24(18-4-5-18)23(17(3)35)26(34)31-22)14-29-27(32-25)30-19-6-8-20(9-7-19)33-12-10-28-11-13-33/h6-9,14-16,18,28H,4-5,10-13H2,1-3H3,(H,29,30,32). The third kappa shape index (κ3) is 4.01. The number of Topliss-reactive ketones (excluding diaryl/α,β-unsaturated/α-hetero) is 1. The number of hydrogen-bond acceptors (Lipinski definition) is 7. The maximum absolute atomic E-state index is 12.8. The van der Waals surface area contributed by atoms with Crippen molar-refractivity contribution in [1.29, 1.82) is 0 Å². The highest BCUT2D eigenvalue weighted by molar-refractivity contribution is 6.06. The average molecular weight is 470 g/mol. The van der Waals surface area contributed by atoms with Crippen LogP contribution in [-0.2, 0) is 0 Å². The topological polar surface area (TPSA) is 87.5 Å². The lowest BCUT2D eigenvalue weighted by Crippen LogP contribution is -2.43. The van der Waals surface area contributed by atoms with Crippen LogP contribution < -0.4 is 15.5 Å². The van der Waals surface area contributed by atoms with E-state index in [0.29, 0.717) is 17.5 Å². The van der Waals surface area contributed by atoms with Crippen LogP contribution in [0.4, 0.5) is 17.3 Å². The molecule has 2 aliphatic rings. The Morgan fingerprint density at radius 3 is 2.49 bits per heavy atom. The number of nitrogens with zero attached hydrogens (tertiary/aromatic N) is 5. The van der Waals surface area contributed by atoms with Gasteiger partial charge in [0.25, 0.3) is 0 Å². The van der Waals surface area contributed by atoms with Crippen molar-refractivity contribution in [2.24, 2.45) is 0 Å². The molecule has 1 aromatic carbocycles. The van der Waals surface area contributed by atoms with E-state index in [1.165, 1.54) is 5.69 Å². The van der Waals surface area contributed by atoms with Crippen molar-refractivity contribution in [3.8, 4) is 0 Å². The fourth-order valence-electron chi connectivity index (χ4n) is 5.03.